The molecule has 3 rings (SSSR count). The number of rotatable bonds is 5. The Kier molecular flexibility index (Phi) is 4.95. The van der Waals surface area contributed by atoms with Crippen LogP contribution >= 0.6 is 11.6 Å². The van der Waals surface area contributed by atoms with E-state index in [2.05, 4.69) is 15.5 Å². The summed E-state index contributed by atoms with van der Waals surface area (Å²) in [5.74, 6) is 1.13. The van der Waals surface area contributed by atoms with Crippen molar-refractivity contribution in [1.82, 2.24) is 10.2 Å². The Labute approximate surface area is 152 Å². The summed E-state index contributed by atoms with van der Waals surface area (Å²) in [7, 11) is 0. The second-order valence-electron chi connectivity index (χ2n) is 6.60. The fourth-order valence-corrected chi connectivity index (χ4v) is 2.37. The normalized spacial score (nSPS) is 11.4. The monoisotopic (exact) mass is 357 g/mol. The average molecular weight is 358 g/mol. The van der Waals surface area contributed by atoms with Gasteiger partial charge in [0, 0.05) is 11.6 Å². The summed E-state index contributed by atoms with van der Waals surface area (Å²) in [6, 6.07) is 15.6. The molecule has 1 N–H and O–H groups in total. The average Bonchev–Trinajstić information content (AvgIpc) is 3.02. The van der Waals surface area contributed by atoms with E-state index in [4.69, 9.17) is 20.8 Å². The van der Waals surface area contributed by atoms with Gasteiger partial charge in [0.15, 0.2) is 0 Å². The smallest absolute Gasteiger partial charge is 0.316 e. The molecule has 0 aliphatic rings. The van der Waals surface area contributed by atoms with Gasteiger partial charge in [0.2, 0.25) is 0 Å². The summed E-state index contributed by atoms with van der Waals surface area (Å²) in [5, 5.41) is 12.0. The lowest BCUT2D eigenvalue weighted by molar-refractivity contribution is 0.131. The Morgan fingerprint density at radius 1 is 1.04 bits per heavy atom. The number of hydrogen-bond acceptors (Lipinski definition) is 5. The first-order chi connectivity index (χ1) is 11.9. The molecule has 0 atom stereocenters. The van der Waals surface area contributed by atoms with E-state index in [-0.39, 0.29) is 5.60 Å². The molecule has 0 unspecified atom stereocenters. The zero-order chi connectivity index (χ0) is 17.9. The number of anilines is 1. The van der Waals surface area contributed by atoms with Crippen LogP contribution < -0.4 is 10.1 Å². The van der Waals surface area contributed by atoms with Crippen molar-refractivity contribution in [3.63, 3.8) is 0 Å². The third kappa shape index (κ3) is 4.73. The number of ether oxygens (including phenoxy) is 1. The maximum atomic E-state index is 5.98. The highest BCUT2D eigenvalue weighted by molar-refractivity contribution is 6.30. The Morgan fingerprint density at radius 3 is 2.48 bits per heavy atom. The third-order valence-electron chi connectivity index (χ3n) is 3.32. The SMILES string of the molecule is CC(C)(C)Oc1ccccc1-c1nnc(NCc2ccc(Cl)cc2)o1. The molecule has 0 aliphatic carbocycles. The van der Waals surface area contributed by atoms with Crippen molar-refractivity contribution in [2.45, 2.75) is 32.9 Å². The molecule has 3 aromatic rings. The molecule has 0 saturated carbocycles. The summed E-state index contributed by atoms with van der Waals surface area (Å²) >= 11 is 5.89. The number of nitrogens with one attached hydrogen (secondary N) is 1. The Hall–Kier alpha value is -2.53. The van der Waals surface area contributed by atoms with Gasteiger partial charge in [0.25, 0.3) is 5.89 Å². The second kappa shape index (κ2) is 7.15. The lowest BCUT2D eigenvalue weighted by atomic mass is 10.1. The maximum absolute atomic E-state index is 5.98. The van der Waals surface area contributed by atoms with Crippen LogP contribution in [0.5, 0.6) is 5.75 Å². The first-order valence-electron chi connectivity index (χ1n) is 8.01. The zero-order valence-electron chi connectivity index (χ0n) is 14.4. The highest BCUT2D eigenvalue weighted by Gasteiger charge is 2.18. The number of benzene rings is 2. The van der Waals surface area contributed by atoms with Crippen molar-refractivity contribution in [1.29, 1.82) is 0 Å². The van der Waals surface area contributed by atoms with Crippen LogP contribution in [0.3, 0.4) is 0 Å². The van der Waals surface area contributed by atoms with Crippen LogP contribution in [0.4, 0.5) is 6.01 Å². The standard InChI is InChI=1S/C19H20ClN3O2/c1-19(2,3)25-16-7-5-4-6-15(16)17-22-23-18(24-17)21-12-13-8-10-14(20)11-9-13/h4-11H,12H2,1-3H3,(H,21,23). The van der Waals surface area contributed by atoms with Gasteiger partial charge in [-0.15, -0.1) is 5.10 Å². The third-order valence-corrected chi connectivity index (χ3v) is 3.57. The number of hydrogen-bond donors (Lipinski definition) is 1. The van der Waals surface area contributed by atoms with Crippen LogP contribution in [-0.4, -0.2) is 15.8 Å². The van der Waals surface area contributed by atoms with Gasteiger partial charge in [0.1, 0.15) is 11.4 Å². The molecule has 1 heterocycles. The van der Waals surface area contributed by atoms with Crippen molar-refractivity contribution >= 4 is 17.6 Å². The van der Waals surface area contributed by atoms with Gasteiger partial charge < -0.3 is 14.5 Å². The van der Waals surface area contributed by atoms with E-state index in [1.54, 1.807) is 0 Å². The molecule has 0 aliphatic heterocycles. The van der Waals surface area contributed by atoms with E-state index in [0.29, 0.717) is 29.2 Å². The summed E-state index contributed by atoms with van der Waals surface area (Å²) in [6.07, 6.45) is 0. The summed E-state index contributed by atoms with van der Waals surface area (Å²) < 4.78 is 11.7. The van der Waals surface area contributed by atoms with Crippen LogP contribution in [0.15, 0.2) is 52.9 Å². The Morgan fingerprint density at radius 2 is 1.76 bits per heavy atom. The van der Waals surface area contributed by atoms with Crippen LogP contribution in [-0.2, 0) is 6.54 Å². The molecule has 130 valence electrons. The summed E-state index contributed by atoms with van der Waals surface area (Å²) in [5.41, 5.74) is 1.52. The molecule has 0 bridgehead atoms. The molecule has 1 aromatic heterocycles. The number of para-hydroxylation sites is 1. The van der Waals surface area contributed by atoms with E-state index < -0.39 is 0 Å². The summed E-state index contributed by atoms with van der Waals surface area (Å²) in [4.78, 5) is 0. The fourth-order valence-electron chi connectivity index (χ4n) is 2.25. The van der Waals surface area contributed by atoms with Crippen LogP contribution in [0.25, 0.3) is 11.5 Å². The summed E-state index contributed by atoms with van der Waals surface area (Å²) in [6.45, 7) is 6.56. The molecule has 0 amide bonds. The minimum atomic E-state index is -0.314. The van der Waals surface area contributed by atoms with Crippen molar-refractivity contribution in [2.75, 3.05) is 5.32 Å². The Balaban J connectivity index is 1.74. The molecular formula is C19H20ClN3O2. The largest absolute Gasteiger partial charge is 0.487 e. The van der Waals surface area contributed by atoms with Gasteiger partial charge in [-0.25, -0.2) is 0 Å². The molecule has 6 heteroatoms. The number of nitrogens with zero attached hydrogens (tertiary/aromatic N) is 2. The minimum absolute atomic E-state index is 0.314. The van der Waals surface area contributed by atoms with Gasteiger partial charge in [-0.1, -0.05) is 41.0 Å². The predicted molar refractivity (Wildman–Crippen MR) is 98.9 cm³/mol. The molecule has 2 aromatic carbocycles. The van der Waals surface area contributed by atoms with E-state index >= 15 is 0 Å². The topological polar surface area (TPSA) is 60.2 Å². The molecule has 0 fully saturated rings. The van der Waals surface area contributed by atoms with Crippen molar-refractivity contribution in [3.8, 4) is 17.2 Å². The van der Waals surface area contributed by atoms with Gasteiger partial charge in [-0.05, 0) is 50.6 Å². The molecule has 25 heavy (non-hydrogen) atoms. The molecule has 0 saturated heterocycles. The number of halogens is 1. The second-order valence-corrected chi connectivity index (χ2v) is 7.04. The van der Waals surface area contributed by atoms with Gasteiger partial charge in [0.05, 0.1) is 5.56 Å². The van der Waals surface area contributed by atoms with E-state index in [1.807, 2.05) is 69.3 Å². The van der Waals surface area contributed by atoms with E-state index in [0.717, 1.165) is 11.1 Å². The van der Waals surface area contributed by atoms with Crippen LogP contribution in [0.2, 0.25) is 5.02 Å². The van der Waals surface area contributed by atoms with Gasteiger partial charge in [-0.2, -0.15) is 0 Å². The van der Waals surface area contributed by atoms with Gasteiger partial charge in [-0.3, -0.25) is 0 Å². The molecule has 0 spiro atoms. The minimum Gasteiger partial charge on any atom is -0.487 e. The van der Waals surface area contributed by atoms with Crippen molar-refractivity contribution in [3.05, 3.63) is 59.1 Å². The van der Waals surface area contributed by atoms with Crippen LogP contribution in [0.1, 0.15) is 26.3 Å². The maximum Gasteiger partial charge on any atom is 0.316 e. The lowest BCUT2D eigenvalue weighted by Crippen LogP contribution is -2.23. The molecule has 0 radical (unpaired) electrons. The van der Waals surface area contributed by atoms with E-state index in [1.165, 1.54) is 0 Å². The Bertz CT molecular complexity index is 838. The highest BCUT2D eigenvalue weighted by Crippen LogP contribution is 2.32. The van der Waals surface area contributed by atoms with Crippen molar-refractivity contribution in [2.24, 2.45) is 0 Å². The van der Waals surface area contributed by atoms with Crippen molar-refractivity contribution < 1.29 is 9.15 Å². The van der Waals surface area contributed by atoms with Gasteiger partial charge >= 0.3 is 6.01 Å². The predicted octanol–water partition coefficient (Wildman–Crippen LogP) is 5.18. The first-order valence-corrected chi connectivity index (χ1v) is 8.39. The fraction of sp³-hybridized carbons (Fsp3) is 0.263. The van der Waals surface area contributed by atoms with Crippen LogP contribution in [0, 0.1) is 0 Å². The number of aromatic nitrogens is 2. The highest BCUT2D eigenvalue weighted by atomic mass is 35.5. The molecule has 5 nitrogen and oxygen atoms in total. The zero-order valence-corrected chi connectivity index (χ0v) is 15.2. The molecular weight excluding hydrogens is 338 g/mol. The first kappa shape index (κ1) is 17.3. The lowest BCUT2D eigenvalue weighted by Gasteiger charge is -2.22. The quantitative estimate of drug-likeness (QED) is 0.681. The van der Waals surface area contributed by atoms with E-state index in [9.17, 15) is 0 Å².